The molecule has 0 radical (unpaired) electrons. The SMILES string of the molecule is CCCCS(=O)(=O)NC[C@@H](C)n1cc(C)cn1. The average molecular weight is 259 g/mol. The van der Waals surface area contributed by atoms with Crippen LogP contribution in [0.3, 0.4) is 0 Å². The molecule has 0 unspecified atom stereocenters. The number of aryl methyl sites for hydroxylation is 1. The first-order valence-electron chi connectivity index (χ1n) is 5.92. The molecule has 0 aliphatic carbocycles. The lowest BCUT2D eigenvalue weighted by Crippen LogP contribution is -2.31. The van der Waals surface area contributed by atoms with E-state index in [1.54, 1.807) is 10.9 Å². The second kappa shape index (κ2) is 6.16. The summed E-state index contributed by atoms with van der Waals surface area (Å²) in [7, 11) is -3.13. The van der Waals surface area contributed by atoms with Crippen molar-refractivity contribution in [3.05, 3.63) is 18.0 Å². The van der Waals surface area contributed by atoms with Crippen LogP contribution in [0.15, 0.2) is 12.4 Å². The van der Waals surface area contributed by atoms with Gasteiger partial charge in [0.1, 0.15) is 0 Å². The van der Waals surface area contributed by atoms with Gasteiger partial charge in [0.2, 0.25) is 10.0 Å². The van der Waals surface area contributed by atoms with Crippen LogP contribution in [0, 0.1) is 6.92 Å². The highest BCUT2D eigenvalue weighted by atomic mass is 32.2. The molecule has 1 heterocycles. The molecule has 98 valence electrons. The Morgan fingerprint density at radius 3 is 2.76 bits per heavy atom. The molecule has 0 fully saturated rings. The molecule has 0 aliphatic heterocycles. The van der Waals surface area contributed by atoms with Crippen LogP contribution in [0.1, 0.15) is 38.3 Å². The lowest BCUT2D eigenvalue weighted by molar-refractivity contribution is 0.478. The topological polar surface area (TPSA) is 64.0 Å². The minimum Gasteiger partial charge on any atom is -0.268 e. The van der Waals surface area contributed by atoms with Gasteiger partial charge in [0.05, 0.1) is 18.0 Å². The van der Waals surface area contributed by atoms with Gasteiger partial charge >= 0.3 is 0 Å². The molecule has 1 N–H and O–H groups in total. The molecule has 0 saturated carbocycles. The van der Waals surface area contributed by atoms with Crippen molar-refractivity contribution < 1.29 is 8.42 Å². The van der Waals surface area contributed by atoms with Gasteiger partial charge in [-0.15, -0.1) is 0 Å². The van der Waals surface area contributed by atoms with E-state index in [4.69, 9.17) is 0 Å². The summed E-state index contributed by atoms with van der Waals surface area (Å²) >= 11 is 0. The largest absolute Gasteiger partial charge is 0.268 e. The molecule has 1 rings (SSSR count). The maximum Gasteiger partial charge on any atom is 0.211 e. The van der Waals surface area contributed by atoms with E-state index in [9.17, 15) is 8.42 Å². The Labute approximate surface area is 103 Å². The van der Waals surface area contributed by atoms with E-state index in [1.807, 2.05) is 27.0 Å². The van der Waals surface area contributed by atoms with Gasteiger partial charge < -0.3 is 0 Å². The zero-order valence-electron chi connectivity index (χ0n) is 10.7. The summed E-state index contributed by atoms with van der Waals surface area (Å²) in [5, 5.41) is 4.16. The summed E-state index contributed by atoms with van der Waals surface area (Å²) in [5.41, 5.74) is 1.07. The highest BCUT2D eigenvalue weighted by Crippen LogP contribution is 2.05. The van der Waals surface area contributed by atoms with Gasteiger partial charge in [-0.05, 0) is 25.8 Å². The van der Waals surface area contributed by atoms with Crippen LogP contribution in [0.5, 0.6) is 0 Å². The average Bonchev–Trinajstić information content (AvgIpc) is 2.70. The third-order valence-corrected chi connectivity index (χ3v) is 3.98. The van der Waals surface area contributed by atoms with Gasteiger partial charge in [0.15, 0.2) is 0 Å². The van der Waals surface area contributed by atoms with Gasteiger partial charge in [0, 0.05) is 12.7 Å². The fraction of sp³-hybridized carbons (Fsp3) is 0.727. The van der Waals surface area contributed by atoms with E-state index in [-0.39, 0.29) is 11.8 Å². The van der Waals surface area contributed by atoms with Crippen molar-refractivity contribution >= 4 is 10.0 Å². The third-order valence-electron chi connectivity index (χ3n) is 2.55. The van der Waals surface area contributed by atoms with Crippen molar-refractivity contribution in [1.29, 1.82) is 0 Å². The molecule has 0 aromatic carbocycles. The lowest BCUT2D eigenvalue weighted by Gasteiger charge is -2.13. The molecule has 1 aromatic rings. The highest BCUT2D eigenvalue weighted by Gasteiger charge is 2.12. The van der Waals surface area contributed by atoms with E-state index < -0.39 is 10.0 Å². The van der Waals surface area contributed by atoms with Crippen molar-refractivity contribution in [1.82, 2.24) is 14.5 Å². The Hall–Kier alpha value is -0.880. The maximum absolute atomic E-state index is 11.6. The molecule has 0 saturated heterocycles. The number of nitrogens with zero attached hydrogens (tertiary/aromatic N) is 2. The zero-order valence-corrected chi connectivity index (χ0v) is 11.5. The predicted molar refractivity (Wildman–Crippen MR) is 68.4 cm³/mol. The molecule has 0 bridgehead atoms. The minimum atomic E-state index is -3.13. The fourth-order valence-corrected chi connectivity index (χ4v) is 2.73. The van der Waals surface area contributed by atoms with Crippen LogP contribution >= 0.6 is 0 Å². The molecule has 0 aliphatic rings. The summed E-state index contributed by atoms with van der Waals surface area (Å²) in [6, 6.07) is 0.0279. The zero-order chi connectivity index (χ0) is 12.9. The monoisotopic (exact) mass is 259 g/mol. The molecule has 1 aromatic heterocycles. The van der Waals surface area contributed by atoms with Gasteiger partial charge in [-0.2, -0.15) is 5.10 Å². The molecule has 1 atom stereocenters. The smallest absolute Gasteiger partial charge is 0.211 e. The van der Waals surface area contributed by atoms with E-state index in [0.29, 0.717) is 13.0 Å². The van der Waals surface area contributed by atoms with Crippen LogP contribution in [0.2, 0.25) is 0 Å². The van der Waals surface area contributed by atoms with Gasteiger partial charge in [-0.3, -0.25) is 4.68 Å². The summed E-state index contributed by atoms with van der Waals surface area (Å²) in [4.78, 5) is 0. The Kier molecular flexibility index (Phi) is 5.14. The van der Waals surface area contributed by atoms with Crippen LogP contribution in [-0.4, -0.2) is 30.5 Å². The summed E-state index contributed by atoms with van der Waals surface area (Å²) < 4.78 is 27.6. The molecular weight excluding hydrogens is 238 g/mol. The molecular formula is C11H21N3O2S. The number of rotatable bonds is 7. The quantitative estimate of drug-likeness (QED) is 0.806. The third kappa shape index (κ3) is 4.87. The first-order chi connectivity index (χ1) is 7.94. The van der Waals surface area contributed by atoms with Crippen molar-refractivity contribution in [2.75, 3.05) is 12.3 Å². The molecule has 5 nitrogen and oxygen atoms in total. The van der Waals surface area contributed by atoms with Crippen molar-refractivity contribution in [3.8, 4) is 0 Å². The van der Waals surface area contributed by atoms with Crippen LogP contribution in [0.25, 0.3) is 0 Å². The van der Waals surface area contributed by atoms with Gasteiger partial charge in [0.25, 0.3) is 0 Å². The number of sulfonamides is 1. The summed E-state index contributed by atoms with van der Waals surface area (Å²) in [5.74, 6) is 0.203. The standard InChI is InChI=1S/C11H21N3O2S/c1-4-5-6-17(15,16)13-8-11(3)14-9-10(2)7-12-14/h7,9,11,13H,4-6,8H2,1-3H3/t11-/m1/s1. The predicted octanol–water partition coefficient (Wildman–Crippen LogP) is 1.47. The first kappa shape index (κ1) is 14.2. The van der Waals surface area contributed by atoms with Gasteiger partial charge in [-0.1, -0.05) is 13.3 Å². The van der Waals surface area contributed by atoms with E-state index in [2.05, 4.69) is 9.82 Å². The fourth-order valence-electron chi connectivity index (χ4n) is 1.42. The van der Waals surface area contributed by atoms with E-state index in [1.165, 1.54) is 0 Å². The van der Waals surface area contributed by atoms with Crippen molar-refractivity contribution in [3.63, 3.8) is 0 Å². The molecule has 0 amide bonds. The summed E-state index contributed by atoms with van der Waals surface area (Å²) in [6.07, 6.45) is 5.26. The molecule has 6 heteroatoms. The number of unbranched alkanes of at least 4 members (excludes halogenated alkanes) is 1. The summed E-state index contributed by atoms with van der Waals surface area (Å²) in [6.45, 7) is 6.26. The normalized spacial score (nSPS) is 13.8. The number of nitrogens with one attached hydrogen (secondary N) is 1. The van der Waals surface area contributed by atoms with Gasteiger partial charge in [-0.25, -0.2) is 13.1 Å². The van der Waals surface area contributed by atoms with Crippen molar-refractivity contribution in [2.24, 2.45) is 0 Å². The van der Waals surface area contributed by atoms with Crippen molar-refractivity contribution in [2.45, 2.75) is 39.7 Å². The molecule has 0 spiro atoms. The Balaban J connectivity index is 2.45. The van der Waals surface area contributed by atoms with E-state index in [0.717, 1.165) is 12.0 Å². The lowest BCUT2D eigenvalue weighted by atomic mass is 10.3. The maximum atomic E-state index is 11.6. The number of aromatic nitrogens is 2. The number of hydrogen-bond acceptors (Lipinski definition) is 3. The van der Waals surface area contributed by atoms with E-state index >= 15 is 0 Å². The number of hydrogen-bond donors (Lipinski definition) is 1. The Morgan fingerprint density at radius 1 is 1.53 bits per heavy atom. The van der Waals surface area contributed by atoms with Crippen LogP contribution < -0.4 is 4.72 Å². The second-order valence-electron chi connectivity index (χ2n) is 4.37. The Bertz CT molecular complexity index is 439. The highest BCUT2D eigenvalue weighted by molar-refractivity contribution is 7.89. The minimum absolute atomic E-state index is 0.0279. The molecule has 17 heavy (non-hydrogen) atoms. The Morgan fingerprint density at radius 2 is 2.24 bits per heavy atom. The van der Waals surface area contributed by atoms with Crippen LogP contribution in [0.4, 0.5) is 0 Å². The second-order valence-corrected chi connectivity index (χ2v) is 6.29. The first-order valence-corrected chi connectivity index (χ1v) is 7.58. The van der Waals surface area contributed by atoms with Crippen LogP contribution in [-0.2, 0) is 10.0 Å².